The van der Waals surface area contributed by atoms with Gasteiger partial charge in [0.15, 0.2) is 5.16 Å². The van der Waals surface area contributed by atoms with Crippen molar-refractivity contribution in [3.05, 3.63) is 50.8 Å². The summed E-state index contributed by atoms with van der Waals surface area (Å²) in [6.45, 7) is 1.97. The number of hydrogen-bond donors (Lipinski definition) is 2. The van der Waals surface area contributed by atoms with Crippen molar-refractivity contribution in [2.24, 2.45) is 0 Å². The summed E-state index contributed by atoms with van der Waals surface area (Å²) >= 11 is 7.33. The maximum Gasteiger partial charge on any atom is 0.257 e. The molecule has 0 radical (unpaired) electrons. The van der Waals surface area contributed by atoms with Gasteiger partial charge in [-0.25, -0.2) is 4.98 Å². The summed E-state index contributed by atoms with van der Waals surface area (Å²) < 4.78 is 0. The van der Waals surface area contributed by atoms with E-state index in [0.717, 1.165) is 11.3 Å². The average Bonchev–Trinajstić information content (AvgIpc) is 2.47. The molecule has 1 atom stereocenters. The van der Waals surface area contributed by atoms with E-state index in [9.17, 15) is 9.59 Å². The summed E-state index contributed by atoms with van der Waals surface area (Å²) in [6, 6.07) is 7.19. The zero-order valence-corrected chi connectivity index (χ0v) is 13.4. The smallest absolute Gasteiger partial charge is 0.257 e. The highest BCUT2D eigenvalue weighted by atomic mass is 35.5. The Labute approximate surface area is 136 Å². The van der Waals surface area contributed by atoms with Gasteiger partial charge in [-0.2, -0.15) is 0 Å². The molecule has 0 bridgehead atoms. The maximum absolute atomic E-state index is 12.4. The number of anilines is 1. The van der Waals surface area contributed by atoms with Crippen molar-refractivity contribution in [3.63, 3.8) is 0 Å². The lowest BCUT2D eigenvalue weighted by atomic mass is 9.87. The molecule has 2 N–H and O–H groups in total. The highest BCUT2D eigenvalue weighted by molar-refractivity contribution is 7.99. The third kappa shape index (κ3) is 2.89. The van der Waals surface area contributed by atoms with Crippen LogP contribution >= 0.6 is 23.4 Å². The summed E-state index contributed by atoms with van der Waals surface area (Å²) in [7, 11) is 0. The highest BCUT2D eigenvalue weighted by Gasteiger charge is 2.30. The Bertz CT molecular complexity index is 773. The van der Waals surface area contributed by atoms with Crippen molar-refractivity contribution < 1.29 is 4.79 Å². The van der Waals surface area contributed by atoms with Crippen molar-refractivity contribution >= 4 is 35.1 Å². The molecule has 1 amide bonds. The van der Waals surface area contributed by atoms with Crippen molar-refractivity contribution in [1.29, 1.82) is 0 Å². The van der Waals surface area contributed by atoms with Gasteiger partial charge in [-0.3, -0.25) is 9.59 Å². The zero-order chi connectivity index (χ0) is 15.7. The van der Waals surface area contributed by atoms with Crippen LogP contribution in [0.25, 0.3) is 0 Å². The molecule has 0 saturated heterocycles. The molecular formula is C15H14ClN3O2S. The largest absolute Gasteiger partial charge is 0.310 e. The third-order valence-electron chi connectivity index (χ3n) is 3.48. The average molecular weight is 336 g/mol. The molecule has 114 valence electrons. The Morgan fingerprint density at radius 3 is 2.73 bits per heavy atom. The van der Waals surface area contributed by atoms with Crippen LogP contribution in [0.3, 0.4) is 0 Å². The number of nitrogens with one attached hydrogen (secondary N) is 2. The molecular weight excluding hydrogens is 322 g/mol. The number of carbonyl (C=O) groups is 1. The fourth-order valence-electron chi connectivity index (χ4n) is 2.54. The molecule has 0 aliphatic carbocycles. The fourth-order valence-corrected chi connectivity index (χ4v) is 3.26. The third-order valence-corrected chi connectivity index (χ3v) is 4.49. The lowest BCUT2D eigenvalue weighted by Crippen LogP contribution is -2.31. The van der Waals surface area contributed by atoms with Gasteiger partial charge in [0.1, 0.15) is 5.82 Å². The Kier molecular flexibility index (Phi) is 4.22. The molecule has 1 aliphatic heterocycles. The number of halogens is 1. The second-order valence-electron chi connectivity index (χ2n) is 4.92. The number of nitrogens with zero attached hydrogens (tertiary/aromatic N) is 1. The van der Waals surface area contributed by atoms with E-state index in [2.05, 4.69) is 15.3 Å². The van der Waals surface area contributed by atoms with Gasteiger partial charge < -0.3 is 10.3 Å². The SMILES string of the molecule is CCSc1nc2c(c(=O)[nH]1)[C@H](c1ccc(Cl)cc1)CC(=O)N2. The van der Waals surface area contributed by atoms with Crippen molar-refractivity contribution in [2.75, 3.05) is 11.1 Å². The van der Waals surface area contributed by atoms with Gasteiger partial charge in [-0.1, -0.05) is 42.4 Å². The van der Waals surface area contributed by atoms with Crippen molar-refractivity contribution in [3.8, 4) is 0 Å². The molecule has 7 heteroatoms. The second kappa shape index (κ2) is 6.14. The van der Waals surface area contributed by atoms with Gasteiger partial charge in [0.25, 0.3) is 5.56 Å². The number of carbonyl (C=O) groups excluding carboxylic acids is 1. The van der Waals surface area contributed by atoms with E-state index in [1.165, 1.54) is 11.8 Å². The summed E-state index contributed by atoms with van der Waals surface area (Å²) in [6.07, 6.45) is 0.222. The second-order valence-corrected chi connectivity index (χ2v) is 6.61. The minimum Gasteiger partial charge on any atom is -0.310 e. The monoisotopic (exact) mass is 335 g/mol. The van der Waals surface area contributed by atoms with E-state index in [0.29, 0.717) is 21.6 Å². The minimum atomic E-state index is -0.307. The number of thioether (sulfide) groups is 1. The predicted octanol–water partition coefficient (Wildman–Crippen LogP) is 3.01. The number of aromatic nitrogens is 2. The maximum atomic E-state index is 12.4. The molecule has 1 aromatic heterocycles. The van der Waals surface area contributed by atoms with Crippen molar-refractivity contribution in [1.82, 2.24) is 9.97 Å². The molecule has 22 heavy (non-hydrogen) atoms. The van der Waals surface area contributed by atoms with Gasteiger partial charge in [-0.05, 0) is 23.4 Å². The van der Waals surface area contributed by atoms with Crippen LogP contribution in [0.15, 0.2) is 34.2 Å². The number of hydrogen-bond acceptors (Lipinski definition) is 4. The first kappa shape index (κ1) is 15.1. The van der Waals surface area contributed by atoms with Crippen LogP contribution in [0.1, 0.15) is 30.4 Å². The van der Waals surface area contributed by atoms with E-state index < -0.39 is 0 Å². The Morgan fingerprint density at radius 2 is 2.05 bits per heavy atom. The number of benzene rings is 1. The fraction of sp³-hybridized carbons (Fsp3) is 0.267. The Morgan fingerprint density at radius 1 is 1.32 bits per heavy atom. The number of amides is 1. The van der Waals surface area contributed by atoms with Gasteiger partial charge in [0, 0.05) is 17.4 Å². The molecule has 0 unspecified atom stereocenters. The van der Waals surface area contributed by atoms with Crippen molar-refractivity contribution in [2.45, 2.75) is 24.4 Å². The van der Waals surface area contributed by atoms with Gasteiger partial charge >= 0.3 is 0 Å². The lowest BCUT2D eigenvalue weighted by Gasteiger charge is -2.24. The molecule has 2 aromatic rings. The predicted molar refractivity (Wildman–Crippen MR) is 87.8 cm³/mol. The summed E-state index contributed by atoms with van der Waals surface area (Å²) in [5.74, 6) is 0.697. The molecule has 3 rings (SSSR count). The first-order chi connectivity index (χ1) is 10.6. The van der Waals surface area contributed by atoms with Gasteiger partial charge in [0.2, 0.25) is 5.91 Å². The molecule has 0 saturated carbocycles. The molecule has 0 spiro atoms. The molecule has 1 aromatic carbocycles. The van der Waals surface area contributed by atoms with E-state index in [-0.39, 0.29) is 23.8 Å². The van der Waals surface area contributed by atoms with Crippen LogP contribution in [-0.2, 0) is 4.79 Å². The summed E-state index contributed by atoms with van der Waals surface area (Å²) in [5, 5.41) is 3.83. The van der Waals surface area contributed by atoms with Crippen LogP contribution in [-0.4, -0.2) is 21.6 Å². The first-order valence-corrected chi connectivity index (χ1v) is 8.27. The van der Waals surface area contributed by atoms with E-state index in [1.54, 1.807) is 12.1 Å². The number of rotatable bonds is 3. The van der Waals surface area contributed by atoms with Gasteiger partial charge in [0.05, 0.1) is 5.56 Å². The van der Waals surface area contributed by atoms with Crippen LogP contribution in [0, 0.1) is 0 Å². The molecule has 5 nitrogen and oxygen atoms in total. The number of fused-ring (bicyclic) bond motifs is 1. The summed E-state index contributed by atoms with van der Waals surface area (Å²) in [5.41, 5.74) is 1.17. The Hall–Kier alpha value is -1.79. The molecule has 2 heterocycles. The van der Waals surface area contributed by atoms with Crippen LogP contribution < -0.4 is 10.9 Å². The van der Waals surface area contributed by atoms with E-state index in [4.69, 9.17) is 11.6 Å². The number of aromatic amines is 1. The molecule has 1 aliphatic rings. The molecule has 0 fully saturated rings. The van der Waals surface area contributed by atoms with Crippen LogP contribution in [0.5, 0.6) is 0 Å². The lowest BCUT2D eigenvalue weighted by molar-refractivity contribution is -0.116. The van der Waals surface area contributed by atoms with Gasteiger partial charge in [-0.15, -0.1) is 0 Å². The first-order valence-electron chi connectivity index (χ1n) is 6.90. The van der Waals surface area contributed by atoms with E-state index in [1.807, 2.05) is 19.1 Å². The summed E-state index contributed by atoms with van der Waals surface area (Å²) in [4.78, 5) is 31.5. The number of H-pyrrole nitrogens is 1. The zero-order valence-electron chi connectivity index (χ0n) is 11.9. The highest BCUT2D eigenvalue weighted by Crippen LogP contribution is 2.34. The minimum absolute atomic E-state index is 0.141. The standard InChI is InChI=1S/C15H14ClN3O2S/c1-2-22-15-18-13-12(14(21)19-15)10(7-11(20)17-13)8-3-5-9(16)6-4-8/h3-6,10H,2,7H2,1H3,(H2,17,18,19,20,21)/t10-/m0/s1. The van der Waals surface area contributed by atoms with Crippen LogP contribution in [0.4, 0.5) is 5.82 Å². The Balaban J connectivity index is 2.11. The quantitative estimate of drug-likeness (QED) is 0.668. The topological polar surface area (TPSA) is 74.8 Å². The van der Waals surface area contributed by atoms with Crippen LogP contribution in [0.2, 0.25) is 5.02 Å². The van der Waals surface area contributed by atoms with E-state index >= 15 is 0 Å². The normalized spacial score (nSPS) is 17.0.